The third-order valence-corrected chi connectivity index (χ3v) is 6.98. The summed E-state index contributed by atoms with van der Waals surface area (Å²) in [6.07, 6.45) is 1.39. The van der Waals surface area contributed by atoms with Gasteiger partial charge in [-0.05, 0) is 34.7 Å². The number of pyridine rings is 1. The van der Waals surface area contributed by atoms with Gasteiger partial charge in [-0.1, -0.05) is 63.2 Å². The first kappa shape index (κ1) is 21.8. The van der Waals surface area contributed by atoms with E-state index >= 15 is 0 Å². The van der Waals surface area contributed by atoms with Gasteiger partial charge in [0, 0.05) is 11.5 Å². The summed E-state index contributed by atoms with van der Waals surface area (Å²) in [6.45, 7) is 6.19. The van der Waals surface area contributed by atoms with Crippen molar-refractivity contribution < 1.29 is 18.3 Å². The predicted octanol–water partition coefficient (Wildman–Crippen LogP) is 4.19. The number of anilines is 2. The molecule has 0 saturated carbocycles. The van der Waals surface area contributed by atoms with Crippen molar-refractivity contribution in [1.29, 1.82) is 0 Å². The standard InChI is InChI=1S/C24H25N3O4S/c1-24(2,3)16-9-11-18(12-10-16)32(30,31)27-17-13-19-20(15-7-5-4-6-8-15)21(23(28)29)26-22(19)25-14-17/h4-14,20-21,27H,1-3H3,(H,25,26)(H,28,29). The zero-order chi connectivity index (χ0) is 23.1. The van der Waals surface area contributed by atoms with Gasteiger partial charge in [0.25, 0.3) is 10.0 Å². The number of nitrogens with one attached hydrogen (secondary N) is 2. The summed E-state index contributed by atoms with van der Waals surface area (Å²) in [6, 6.07) is 16.8. The number of fused-ring (bicyclic) bond motifs is 1. The van der Waals surface area contributed by atoms with E-state index in [4.69, 9.17) is 0 Å². The van der Waals surface area contributed by atoms with E-state index in [1.807, 2.05) is 42.5 Å². The smallest absolute Gasteiger partial charge is 0.327 e. The molecule has 1 aromatic heterocycles. The summed E-state index contributed by atoms with van der Waals surface area (Å²) in [5.74, 6) is -1.06. The first-order valence-electron chi connectivity index (χ1n) is 10.2. The molecular formula is C24H25N3O4S. The molecular weight excluding hydrogens is 426 g/mol. The normalized spacial score (nSPS) is 18.0. The number of hydrogen-bond acceptors (Lipinski definition) is 5. The van der Waals surface area contributed by atoms with Gasteiger partial charge in [0.05, 0.1) is 16.8 Å². The molecule has 3 aromatic rings. The zero-order valence-electron chi connectivity index (χ0n) is 18.0. The Balaban J connectivity index is 1.66. The van der Waals surface area contributed by atoms with Crippen molar-refractivity contribution in [3.63, 3.8) is 0 Å². The highest BCUT2D eigenvalue weighted by Gasteiger charge is 2.39. The summed E-state index contributed by atoms with van der Waals surface area (Å²) in [7, 11) is -3.83. The molecule has 2 unspecified atom stereocenters. The van der Waals surface area contributed by atoms with E-state index < -0.39 is 28.0 Å². The lowest BCUT2D eigenvalue weighted by atomic mass is 9.87. The number of carbonyl (C=O) groups is 1. The topological polar surface area (TPSA) is 108 Å². The number of sulfonamides is 1. The molecule has 2 heterocycles. The largest absolute Gasteiger partial charge is 0.480 e. The number of aliphatic carboxylic acids is 1. The van der Waals surface area contributed by atoms with Gasteiger partial charge in [0.1, 0.15) is 11.9 Å². The van der Waals surface area contributed by atoms with Crippen LogP contribution in [0.15, 0.2) is 71.8 Å². The second-order valence-electron chi connectivity index (χ2n) is 8.89. The molecule has 0 spiro atoms. The molecule has 32 heavy (non-hydrogen) atoms. The highest BCUT2D eigenvalue weighted by molar-refractivity contribution is 7.92. The zero-order valence-corrected chi connectivity index (χ0v) is 18.8. The average molecular weight is 452 g/mol. The number of carboxylic acids is 1. The first-order valence-corrected chi connectivity index (χ1v) is 11.7. The Morgan fingerprint density at radius 3 is 2.31 bits per heavy atom. The van der Waals surface area contributed by atoms with E-state index in [0.717, 1.165) is 11.1 Å². The van der Waals surface area contributed by atoms with Crippen LogP contribution < -0.4 is 10.0 Å². The Morgan fingerprint density at radius 2 is 1.72 bits per heavy atom. The minimum absolute atomic E-state index is 0.0836. The van der Waals surface area contributed by atoms with E-state index in [2.05, 4.69) is 35.8 Å². The molecule has 0 radical (unpaired) electrons. The fraction of sp³-hybridized carbons (Fsp3) is 0.250. The molecule has 7 nitrogen and oxygen atoms in total. The Labute approximate surface area is 187 Å². The van der Waals surface area contributed by atoms with Crippen LogP contribution in [0.2, 0.25) is 0 Å². The van der Waals surface area contributed by atoms with E-state index in [9.17, 15) is 18.3 Å². The fourth-order valence-corrected chi connectivity index (χ4v) is 4.92. The van der Waals surface area contributed by atoms with Crippen molar-refractivity contribution in [3.05, 3.63) is 83.6 Å². The van der Waals surface area contributed by atoms with Crippen LogP contribution in [-0.4, -0.2) is 30.5 Å². The molecule has 3 N–H and O–H groups in total. The van der Waals surface area contributed by atoms with Gasteiger partial charge in [0.15, 0.2) is 0 Å². The van der Waals surface area contributed by atoms with Gasteiger partial charge in [-0.3, -0.25) is 4.72 Å². The Bertz CT molecular complexity index is 1250. The Kier molecular flexibility index (Phi) is 5.42. The lowest BCUT2D eigenvalue weighted by Crippen LogP contribution is -2.30. The number of nitrogens with zero attached hydrogens (tertiary/aromatic N) is 1. The van der Waals surface area contributed by atoms with Crippen LogP contribution in [0, 0.1) is 0 Å². The van der Waals surface area contributed by atoms with Crippen molar-refractivity contribution in [1.82, 2.24) is 4.98 Å². The number of aromatic nitrogens is 1. The summed E-state index contributed by atoms with van der Waals surface area (Å²) >= 11 is 0. The first-order chi connectivity index (χ1) is 15.1. The molecule has 4 rings (SSSR count). The molecule has 1 aliphatic heterocycles. The number of benzene rings is 2. The average Bonchev–Trinajstić information content (AvgIpc) is 3.13. The highest BCUT2D eigenvalue weighted by Crippen LogP contribution is 2.40. The van der Waals surface area contributed by atoms with Gasteiger partial charge in [0.2, 0.25) is 0 Å². The van der Waals surface area contributed by atoms with Crippen LogP contribution >= 0.6 is 0 Å². The molecule has 0 aliphatic carbocycles. The number of rotatable bonds is 5. The van der Waals surface area contributed by atoms with Gasteiger partial charge in [-0.15, -0.1) is 0 Å². The second kappa shape index (κ2) is 7.94. The molecule has 1 aliphatic rings. The molecule has 2 aromatic carbocycles. The minimum Gasteiger partial charge on any atom is -0.480 e. The SMILES string of the molecule is CC(C)(C)c1ccc(S(=O)(=O)Nc2cnc3c(c2)C(c2ccccc2)C(C(=O)O)N3)cc1. The van der Waals surface area contributed by atoms with E-state index in [0.29, 0.717) is 11.4 Å². The van der Waals surface area contributed by atoms with E-state index in [-0.39, 0.29) is 16.0 Å². The van der Waals surface area contributed by atoms with Crippen LogP contribution in [0.3, 0.4) is 0 Å². The molecule has 0 amide bonds. The van der Waals surface area contributed by atoms with Crippen LogP contribution in [-0.2, 0) is 20.2 Å². The fourth-order valence-electron chi connectivity index (χ4n) is 3.89. The lowest BCUT2D eigenvalue weighted by Gasteiger charge is -2.19. The monoisotopic (exact) mass is 451 g/mol. The Morgan fingerprint density at radius 1 is 1.06 bits per heavy atom. The molecule has 8 heteroatoms. The Hall–Kier alpha value is -3.39. The van der Waals surface area contributed by atoms with Crippen LogP contribution in [0.4, 0.5) is 11.5 Å². The highest BCUT2D eigenvalue weighted by atomic mass is 32.2. The van der Waals surface area contributed by atoms with Crippen molar-refractivity contribution in [2.24, 2.45) is 0 Å². The maximum atomic E-state index is 12.9. The number of hydrogen-bond donors (Lipinski definition) is 3. The van der Waals surface area contributed by atoms with Gasteiger partial charge < -0.3 is 10.4 Å². The summed E-state index contributed by atoms with van der Waals surface area (Å²) in [4.78, 5) is 16.3. The predicted molar refractivity (Wildman–Crippen MR) is 124 cm³/mol. The van der Waals surface area contributed by atoms with Gasteiger partial charge >= 0.3 is 5.97 Å². The molecule has 0 saturated heterocycles. The van der Waals surface area contributed by atoms with Crippen molar-refractivity contribution in [3.8, 4) is 0 Å². The molecule has 166 valence electrons. The number of carboxylic acid groups (broad SMARTS) is 1. The van der Waals surface area contributed by atoms with Crippen molar-refractivity contribution in [2.45, 2.75) is 43.0 Å². The minimum atomic E-state index is -3.83. The van der Waals surface area contributed by atoms with E-state index in [1.165, 1.54) is 6.20 Å². The summed E-state index contributed by atoms with van der Waals surface area (Å²) in [5, 5.41) is 12.6. The third kappa shape index (κ3) is 4.18. The third-order valence-electron chi connectivity index (χ3n) is 5.59. The summed E-state index contributed by atoms with van der Waals surface area (Å²) < 4.78 is 28.4. The van der Waals surface area contributed by atoms with Crippen LogP contribution in [0.5, 0.6) is 0 Å². The van der Waals surface area contributed by atoms with E-state index in [1.54, 1.807) is 18.2 Å². The van der Waals surface area contributed by atoms with Gasteiger partial charge in [-0.2, -0.15) is 0 Å². The van der Waals surface area contributed by atoms with Crippen LogP contribution in [0.1, 0.15) is 43.4 Å². The van der Waals surface area contributed by atoms with Crippen LogP contribution in [0.25, 0.3) is 0 Å². The maximum absolute atomic E-state index is 12.9. The lowest BCUT2D eigenvalue weighted by molar-refractivity contribution is -0.138. The molecule has 2 atom stereocenters. The van der Waals surface area contributed by atoms with Gasteiger partial charge in [-0.25, -0.2) is 18.2 Å². The molecule has 0 bridgehead atoms. The second-order valence-corrected chi connectivity index (χ2v) is 10.6. The quantitative estimate of drug-likeness (QED) is 0.537. The van der Waals surface area contributed by atoms with Crippen molar-refractivity contribution >= 4 is 27.5 Å². The summed E-state index contributed by atoms with van der Waals surface area (Å²) in [5.41, 5.74) is 2.67. The maximum Gasteiger partial charge on any atom is 0.327 e. The van der Waals surface area contributed by atoms with Crippen molar-refractivity contribution in [2.75, 3.05) is 10.0 Å². The molecule has 0 fully saturated rings.